The fourth-order valence-corrected chi connectivity index (χ4v) is 4.01. The number of carbonyl (C=O) groups excluding carboxylic acids is 3. The molecule has 2 aliphatic rings. The first-order valence-corrected chi connectivity index (χ1v) is 10.7. The van der Waals surface area contributed by atoms with Crippen molar-refractivity contribution in [2.45, 2.75) is 77.9 Å². The summed E-state index contributed by atoms with van der Waals surface area (Å²) in [6.45, 7) is 7.74. The topological polar surface area (TPSA) is 101 Å². The number of anilines is 2. The zero-order chi connectivity index (χ0) is 21.9. The van der Waals surface area contributed by atoms with Crippen LogP contribution in [0.5, 0.6) is 0 Å². The molecule has 0 unspecified atom stereocenters. The Labute approximate surface area is 177 Å². The number of nitrogens with zero attached hydrogens (tertiary/aromatic N) is 2. The maximum atomic E-state index is 12.8. The van der Waals surface area contributed by atoms with Crippen LogP contribution in [0, 0.1) is 12.8 Å². The number of nitrogens with one attached hydrogen (secondary N) is 2. The zero-order valence-corrected chi connectivity index (χ0v) is 18.3. The Kier molecular flexibility index (Phi) is 6.63. The summed E-state index contributed by atoms with van der Waals surface area (Å²) in [5.41, 5.74) is 0.451. The van der Waals surface area contributed by atoms with Crippen molar-refractivity contribution in [3.8, 4) is 0 Å². The third-order valence-corrected chi connectivity index (χ3v) is 5.65. The van der Waals surface area contributed by atoms with E-state index in [1.54, 1.807) is 38.7 Å². The summed E-state index contributed by atoms with van der Waals surface area (Å²) >= 11 is 0. The highest BCUT2D eigenvalue weighted by Gasteiger charge is 2.37. The molecule has 1 aromatic rings. The molecule has 1 atom stereocenters. The van der Waals surface area contributed by atoms with Crippen molar-refractivity contribution in [1.82, 2.24) is 9.88 Å². The summed E-state index contributed by atoms with van der Waals surface area (Å²) in [6.07, 6.45) is 7.35. The quantitative estimate of drug-likeness (QED) is 0.729. The molecule has 1 aromatic heterocycles. The average molecular weight is 417 g/mol. The van der Waals surface area contributed by atoms with E-state index in [0.717, 1.165) is 32.1 Å². The number of likely N-dealkylation sites (tertiary alicyclic amines) is 1. The third kappa shape index (κ3) is 5.49. The number of aryl methyl sites for hydroxylation is 1. The molecule has 8 heteroatoms. The lowest BCUT2D eigenvalue weighted by atomic mass is 9.76. The normalized spacial score (nSPS) is 19.6. The SMILES string of the molecule is Cc1cc(NC(=O)C(=O)N2CCCC[C@H]2C2CCC2)cnc1NC(=O)OC(C)(C)C. The average Bonchev–Trinajstić information content (AvgIpc) is 2.61. The van der Waals surface area contributed by atoms with Crippen molar-refractivity contribution in [3.63, 3.8) is 0 Å². The minimum absolute atomic E-state index is 0.186. The van der Waals surface area contributed by atoms with Crippen LogP contribution in [0.1, 0.15) is 64.9 Å². The number of hydrogen-bond donors (Lipinski definition) is 2. The molecule has 30 heavy (non-hydrogen) atoms. The molecular weight excluding hydrogens is 384 g/mol. The van der Waals surface area contributed by atoms with Gasteiger partial charge >= 0.3 is 17.9 Å². The molecule has 0 radical (unpaired) electrons. The summed E-state index contributed by atoms with van der Waals surface area (Å²) in [4.78, 5) is 43.3. The fraction of sp³-hybridized carbons (Fsp3) is 0.636. The van der Waals surface area contributed by atoms with E-state index < -0.39 is 23.5 Å². The molecule has 2 heterocycles. The van der Waals surface area contributed by atoms with Gasteiger partial charge in [0.2, 0.25) is 0 Å². The van der Waals surface area contributed by atoms with E-state index in [-0.39, 0.29) is 6.04 Å². The van der Waals surface area contributed by atoms with Gasteiger partial charge in [0.05, 0.1) is 11.9 Å². The Morgan fingerprint density at radius 2 is 1.83 bits per heavy atom. The first-order valence-electron chi connectivity index (χ1n) is 10.7. The van der Waals surface area contributed by atoms with E-state index in [4.69, 9.17) is 4.74 Å². The van der Waals surface area contributed by atoms with Gasteiger partial charge in [-0.2, -0.15) is 0 Å². The Morgan fingerprint density at radius 3 is 2.43 bits per heavy atom. The van der Waals surface area contributed by atoms with Crippen LogP contribution in [0.15, 0.2) is 12.3 Å². The molecule has 1 saturated heterocycles. The third-order valence-electron chi connectivity index (χ3n) is 5.65. The molecule has 0 spiro atoms. The van der Waals surface area contributed by atoms with Gasteiger partial charge in [-0.05, 0) is 77.3 Å². The van der Waals surface area contributed by atoms with Crippen molar-refractivity contribution in [2.24, 2.45) is 5.92 Å². The molecule has 1 saturated carbocycles. The lowest BCUT2D eigenvalue weighted by molar-refractivity contribution is -0.147. The molecule has 1 aliphatic heterocycles. The van der Waals surface area contributed by atoms with Crippen molar-refractivity contribution < 1.29 is 19.1 Å². The molecule has 3 rings (SSSR count). The van der Waals surface area contributed by atoms with E-state index in [9.17, 15) is 14.4 Å². The van der Waals surface area contributed by atoms with Crippen LogP contribution < -0.4 is 10.6 Å². The lowest BCUT2D eigenvalue weighted by Gasteiger charge is -2.43. The molecule has 2 N–H and O–H groups in total. The van der Waals surface area contributed by atoms with Gasteiger partial charge in [-0.25, -0.2) is 9.78 Å². The Hall–Kier alpha value is -2.64. The maximum Gasteiger partial charge on any atom is 0.413 e. The summed E-state index contributed by atoms with van der Waals surface area (Å²) < 4.78 is 5.22. The van der Waals surface area contributed by atoms with Crippen LogP contribution in [0.2, 0.25) is 0 Å². The minimum atomic E-state index is -0.643. The molecule has 2 fully saturated rings. The van der Waals surface area contributed by atoms with Crippen LogP contribution in [0.4, 0.5) is 16.3 Å². The van der Waals surface area contributed by atoms with Crippen LogP contribution in [0.25, 0.3) is 0 Å². The van der Waals surface area contributed by atoms with E-state index >= 15 is 0 Å². The van der Waals surface area contributed by atoms with E-state index in [1.807, 2.05) is 0 Å². The molecule has 1 aliphatic carbocycles. The van der Waals surface area contributed by atoms with Crippen molar-refractivity contribution in [2.75, 3.05) is 17.2 Å². The van der Waals surface area contributed by atoms with Gasteiger partial charge in [0.1, 0.15) is 11.4 Å². The van der Waals surface area contributed by atoms with E-state index in [2.05, 4.69) is 15.6 Å². The van der Waals surface area contributed by atoms with E-state index in [1.165, 1.54) is 12.6 Å². The van der Waals surface area contributed by atoms with Gasteiger partial charge in [0.25, 0.3) is 0 Å². The largest absolute Gasteiger partial charge is 0.444 e. The van der Waals surface area contributed by atoms with Crippen molar-refractivity contribution >= 4 is 29.4 Å². The van der Waals surface area contributed by atoms with Crippen LogP contribution in [-0.2, 0) is 14.3 Å². The molecule has 8 nitrogen and oxygen atoms in total. The number of piperidine rings is 1. The zero-order valence-electron chi connectivity index (χ0n) is 18.3. The van der Waals surface area contributed by atoms with Crippen LogP contribution >= 0.6 is 0 Å². The fourth-order valence-electron chi connectivity index (χ4n) is 4.01. The monoisotopic (exact) mass is 416 g/mol. The van der Waals surface area contributed by atoms with Gasteiger partial charge in [-0.3, -0.25) is 14.9 Å². The number of carbonyl (C=O) groups is 3. The molecule has 3 amide bonds. The maximum absolute atomic E-state index is 12.8. The predicted octanol–water partition coefficient (Wildman–Crippen LogP) is 3.86. The second-order valence-electron chi connectivity index (χ2n) is 9.22. The van der Waals surface area contributed by atoms with Crippen molar-refractivity contribution in [1.29, 1.82) is 0 Å². The van der Waals surface area contributed by atoms with Gasteiger partial charge in [-0.1, -0.05) is 6.42 Å². The molecule has 164 valence electrons. The second-order valence-corrected chi connectivity index (χ2v) is 9.22. The number of amides is 3. The summed E-state index contributed by atoms with van der Waals surface area (Å²) in [5, 5.41) is 5.25. The Morgan fingerprint density at radius 1 is 1.10 bits per heavy atom. The highest BCUT2D eigenvalue weighted by molar-refractivity contribution is 6.39. The van der Waals surface area contributed by atoms with Crippen LogP contribution in [-0.4, -0.2) is 46.0 Å². The first-order chi connectivity index (χ1) is 14.1. The van der Waals surface area contributed by atoms with Gasteiger partial charge in [0.15, 0.2) is 0 Å². The summed E-state index contributed by atoms with van der Waals surface area (Å²) in [6, 6.07) is 1.86. The number of aromatic nitrogens is 1. The molecular formula is C22H32N4O4. The number of rotatable bonds is 3. The number of hydrogen-bond acceptors (Lipinski definition) is 5. The molecule has 0 bridgehead atoms. The van der Waals surface area contributed by atoms with Crippen molar-refractivity contribution in [3.05, 3.63) is 17.8 Å². The van der Waals surface area contributed by atoms with Gasteiger partial charge in [-0.15, -0.1) is 0 Å². The highest BCUT2D eigenvalue weighted by atomic mass is 16.6. The van der Waals surface area contributed by atoms with E-state index in [0.29, 0.717) is 29.5 Å². The second kappa shape index (κ2) is 9.02. The van der Waals surface area contributed by atoms with Gasteiger partial charge in [0, 0.05) is 12.6 Å². The summed E-state index contributed by atoms with van der Waals surface area (Å²) in [5.74, 6) is -0.241. The van der Waals surface area contributed by atoms with Gasteiger partial charge < -0.3 is 15.0 Å². The predicted molar refractivity (Wildman–Crippen MR) is 114 cm³/mol. The first kappa shape index (κ1) is 22.1. The van der Waals surface area contributed by atoms with Crippen LogP contribution in [0.3, 0.4) is 0 Å². The molecule has 0 aromatic carbocycles. The smallest absolute Gasteiger partial charge is 0.413 e. The lowest BCUT2D eigenvalue weighted by Crippen LogP contribution is -2.52. The standard InChI is InChI=1S/C22H32N4O4/c1-14-12-16(13-23-18(14)25-21(29)30-22(2,3)4)24-19(27)20(28)26-11-6-5-10-17(26)15-8-7-9-15/h12-13,15,17H,5-11H2,1-4H3,(H,24,27)(H,23,25,29)/t17-/m0/s1. The number of pyridine rings is 1. The number of ether oxygens (including phenoxy) is 1. The Bertz CT molecular complexity index is 814. The highest BCUT2D eigenvalue weighted by Crippen LogP contribution is 2.36. The Balaban J connectivity index is 1.61. The summed E-state index contributed by atoms with van der Waals surface area (Å²) in [7, 11) is 0. The minimum Gasteiger partial charge on any atom is -0.444 e.